The van der Waals surface area contributed by atoms with Crippen LogP contribution in [-0.2, 0) is 0 Å². The summed E-state index contributed by atoms with van der Waals surface area (Å²) in [4.78, 5) is 0. The van der Waals surface area contributed by atoms with Crippen molar-refractivity contribution in [2.45, 2.75) is 45.6 Å². The van der Waals surface area contributed by atoms with Crippen LogP contribution in [0.2, 0.25) is 0 Å². The summed E-state index contributed by atoms with van der Waals surface area (Å²) < 4.78 is 5.46. The molecular weight excluding hydrogens is 198 g/mol. The first-order chi connectivity index (χ1) is 7.79. The minimum absolute atomic E-state index is 0.394. The molecule has 2 heteroatoms. The van der Waals surface area contributed by atoms with Crippen molar-refractivity contribution in [2.75, 3.05) is 6.54 Å². The van der Waals surface area contributed by atoms with Gasteiger partial charge in [-0.2, -0.15) is 0 Å². The number of hydrogen-bond acceptors (Lipinski definition) is 2. The predicted octanol–water partition coefficient (Wildman–Crippen LogP) is 3.76. The Balaban J connectivity index is 1.79. The van der Waals surface area contributed by atoms with Gasteiger partial charge in [-0.15, -0.1) is 0 Å². The maximum atomic E-state index is 5.46. The summed E-state index contributed by atoms with van der Waals surface area (Å²) in [5.41, 5.74) is 0. The van der Waals surface area contributed by atoms with Crippen LogP contribution < -0.4 is 5.32 Å². The van der Waals surface area contributed by atoms with Gasteiger partial charge in [0.05, 0.1) is 12.3 Å². The number of nitrogens with one attached hydrogen (secondary N) is 1. The van der Waals surface area contributed by atoms with E-state index < -0.39 is 0 Å². The highest BCUT2D eigenvalue weighted by molar-refractivity contribution is 5.04. The fourth-order valence-electron chi connectivity index (χ4n) is 2.75. The molecule has 2 rings (SSSR count). The second-order valence-corrected chi connectivity index (χ2v) is 5.17. The summed E-state index contributed by atoms with van der Waals surface area (Å²) >= 11 is 0. The Morgan fingerprint density at radius 2 is 2.38 bits per heavy atom. The Labute approximate surface area is 98.4 Å². The fourth-order valence-corrected chi connectivity index (χ4v) is 2.75. The number of rotatable bonds is 5. The van der Waals surface area contributed by atoms with Crippen molar-refractivity contribution in [2.24, 2.45) is 11.8 Å². The summed E-state index contributed by atoms with van der Waals surface area (Å²) in [6.07, 6.45) is 7.04. The highest BCUT2D eigenvalue weighted by Gasteiger charge is 2.22. The fraction of sp³-hybridized carbons (Fsp3) is 0.714. The lowest BCUT2D eigenvalue weighted by Gasteiger charge is -2.17. The van der Waals surface area contributed by atoms with E-state index in [-0.39, 0.29) is 0 Å². The molecule has 1 N–H and O–H groups in total. The Kier molecular flexibility index (Phi) is 4.05. The molecular formula is C14H23NO. The third-order valence-corrected chi connectivity index (χ3v) is 3.75. The van der Waals surface area contributed by atoms with Crippen molar-refractivity contribution >= 4 is 0 Å². The summed E-state index contributed by atoms with van der Waals surface area (Å²) in [7, 11) is 0. The van der Waals surface area contributed by atoms with Gasteiger partial charge in [0.25, 0.3) is 0 Å². The lowest BCUT2D eigenvalue weighted by atomic mass is 10.1. The van der Waals surface area contributed by atoms with Gasteiger partial charge in [-0.25, -0.2) is 0 Å². The van der Waals surface area contributed by atoms with Crippen molar-refractivity contribution in [3.05, 3.63) is 24.2 Å². The zero-order valence-electron chi connectivity index (χ0n) is 10.4. The molecule has 90 valence electrons. The number of furan rings is 1. The third-order valence-electron chi connectivity index (χ3n) is 3.75. The van der Waals surface area contributed by atoms with Crippen molar-refractivity contribution in [3.63, 3.8) is 0 Å². The van der Waals surface area contributed by atoms with E-state index in [1.165, 1.54) is 19.3 Å². The second-order valence-electron chi connectivity index (χ2n) is 5.17. The first-order valence-electron chi connectivity index (χ1n) is 6.56. The van der Waals surface area contributed by atoms with E-state index in [0.29, 0.717) is 6.04 Å². The van der Waals surface area contributed by atoms with Crippen molar-refractivity contribution in [1.29, 1.82) is 0 Å². The quantitative estimate of drug-likeness (QED) is 0.819. The van der Waals surface area contributed by atoms with E-state index in [1.807, 2.05) is 6.07 Å². The molecule has 3 unspecified atom stereocenters. The summed E-state index contributed by atoms with van der Waals surface area (Å²) in [5, 5.41) is 3.64. The third kappa shape index (κ3) is 2.88. The molecule has 0 aromatic carbocycles. The first-order valence-corrected chi connectivity index (χ1v) is 6.56. The SMILES string of the molecule is CCC(NCC1CCC(C)C1)c1ccco1. The van der Waals surface area contributed by atoms with Gasteiger partial charge < -0.3 is 9.73 Å². The molecule has 1 fully saturated rings. The summed E-state index contributed by atoms with van der Waals surface area (Å²) in [6, 6.07) is 4.43. The van der Waals surface area contributed by atoms with E-state index in [9.17, 15) is 0 Å². The van der Waals surface area contributed by atoms with Crippen LogP contribution in [0, 0.1) is 11.8 Å². The predicted molar refractivity (Wildman–Crippen MR) is 66.2 cm³/mol. The largest absolute Gasteiger partial charge is 0.468 e. The molecule has 0 radical (unpaired) electrons. The Hall–Kier alpha value is -0.760. The highest BCUT2D eigenvalue weighted by Crippen LogP contribution is 2.30. The molecule has 16 heavy (non-hydrogen) atoms. The van der Waals surface area contributed by atoms with Crippen LogP contribution in [0.25, 0.3) is 0 Å². The Bertz CT molecular complexity index is 294. The molecule has 1 aliphatic carbocycles. The Morgan fingerprint density at radius 3 is 2.94 bits per heavy atom. The summed E-state index contributed by atoms with van der Waals surface area (Å²) in [5.74, 6) is 2.88. The number of hydrogen-bond donors (Lipinski definition) is 1. The van der Waals surface area contributed by atoms with Crippen LogP contribution in [0.3, 0.4) is 0 Å². The van der Waals surface area contributed by atoms with E-state index in [0.717, 1.165) is 30.6 Å². The second kappa shape index (κ2) is 5.53. The molecule has 1 aromatic rings. The van der Waals surface area contributed by atoms with Gasteiger partial charge in [0, 0.05) is 0 Å². The molecule has 0 spiro atoms. The molecule has 1 aromatic heterocycles. The van der Waals surface area contributed by atoms with Gasteiger partial charge in [-0.05, 0) is 49.8 Å². The zero-order valence-corrected chi connectivity index (χ0v) is 10.4. The van der Waals surface area contributed by atoms with Crippen molar-refractivity contribution in [3.8, 4) is 0 Å². The van der Waals surface area contributed by atoms with Crippen LogP contribution >= 0.6 is 0 Å². The minimum Gasteiger partial charge on any atom is -0.468 e. The van der Waals surface area contributed by atoms with Gasteiger partial charge >= 0.3 is 0 Å². The van der Waals surface area contributed by atoms with Gasteiger partial charge in [0.15, 0.2) is 0 Å². The molecule has 2 nitrogen and oxygen atoms in total. The Morgan fingerprint density at radius 1 is 1.50 bits per heavy atom. The normalized spacial score (nSPS) is 27.1. The minimum atomic E-state index is 0.394. The van der Waals surface area contributed by atoms with E-state index >= 15 is 0 Å². The standard InChI is InChI=1S/C14H23NO/c1-3-13(14-5-4-8-16-14)15-10-12-7-6-11(2)9-12/h4-5,8,11-13,15H,3,6-7,9-10H2,1-2H3. The maximum absolute atomic E-state index is 5.46. The van der Waals surface area contributed by atoms with Crippen LogP contribution in [-0.4, -0.2) is 6.54 Å². The van der Waals surface area contributed by atoms with Gasteiger partial charge in [-0.3, -0.25) is 0 Å². The van der Waals surface area contributed by atoms with Crippen LogP contribution in [0.15, 0.2) is 22.8 Å². The van der Waals surface area contributed by atoms with E-state index in [4.69, 9.17) is 4.42 Å². The lowest BCUT2D eigenvalue weighted by molar-refractivity contribution is 0.370. The smallest absolute Gasteiger partial charge is 0.120 e. The first kappa shape index (κ1) is 11.7. The monoisotopic (exact) mass is 221 g/mol. The lowest BCUT2D eigenvalue weighted by Crippen LogP contribution is -2.25. The highest BCUT2D eigenvalue weighted by atomic mass is 16.3. The van der Waals surface area contributed by atoms with Gasteiger partial charge in [0.1, 0.15) is 5.76 Å². The molecule has 1 aliphatic rings. The zero-order chi connectivity index (χ0) is 11.4. The van der Waals surface area contributed by atoms with Gasteiger partial charge in [0.2, 0.25) is 0 Å². The van der Waals surface area contributed by atoms with Gasteiger partial charge in [-0.1, -0.05) is 20.3 Å². The molecule has 3 atom stereocenters. The molecule has 1 saturated carbocycles. The molecule has 1 heterocycles. The van der Waals surface area contributed by atoms with E-state index in [1.54, 1.807) is 6.26 Å². The molecule has 0 aliphatic heterocycles. The van der Waals surface area contributed by atoms with Crippen molar-refractivity contribution in [1.82, 2.24) is 5.32 Å². The average Bonchev–Trinajstić information content (AvgIpc) is 2.91. The van der Waals surface area contributed by atoms with E-state index in [2.05, 4.69) is 25.2 Å². The summed E-state index contributed by atoms with van der Waals surface area (Å²) in [6.45, 7) is 5.71. The maximum Gasteiger partial charge on any atom is 0.120 e. The molecule has 0 saturated heterocycles. The van der Waals surface area contributed by atoms with Crippen LogP contribution in [0.4, 0.5) is 0 Å². The van der Waals surface area contributed by atoms with Crippen LogP contribution in [0.5, 0.6) is 0 Å². The molecule has 0 amide bonds. The topological polar surface area (TPSA) is 25.2 Å². The van der Waals surface area contributed by atoms with Crippen LogP contribution in [0.1, 0.15) is 51.3 Å². The van der Waals surface area contributed by atoms with Crippen molar-refractivity contribution < 1.29 is 4.42 Å². The average molecular weight is 221 g/mol. The molecule has 0 bridgehead atoms.